The van der Waals surface area contributed by atoms with E-state index in [1.807, 2.05) is 24.3 Å². The van der Waals surface area contributed by atoms with Crippen molar-refractivity contribution in [2.45, 2.75) is 38.6 Å². The minimum atomic E-state index is -0.519. The molecule has 4 nitrogen and oxygen atoms in total. The van der Waals surface area contributed by atoms with E-state index in [0.29, 0.717) is 12.8 Å². The summed E-state index contributed by atoms with van der Waals surface area (Å²) < 4.78 is 0. The number of H-pyrrole nitrogens is 1. The Morgan fingerprint density at radius 3 is 2.65 bits per heavy atom. The highest BCUT2D eigenvalue weighted by Crippen LogP contribution is 2.12. The largest absolute Gasteiger partial charge is 0.351 e. The van der Waals surface area contributed by atoms with Crippen molar-refractivity contribution in [1.82, 2.24) is 9.97 Å². The second kappa shape index (κ2) is 10.3. The summed E-state index contributed by atoms with van der Waals surface area (Å²) in [5.74, 6) is 0.0357. The van der Waals surface area contributed by atoms with Crippen molar-refractivity contribution < 1.29 is 4.79 Å². The summed E-state index contributed by atoms with van der Waals surface area (Å²) >= 11 is 0. The van der Waals surface area contributed by atoms with Crippen molar-refractivity contribution in [1.29, 1.82) is 0 Å². The fourth-order valence-electron chi connectivity index (χ4n) is 2.62. The number of allylic oxidation sites excluding steroid dienone is 5. The number of nitrogens with zero attached hydrogens (tertiary/aromatic N) is 1. The van der Waals surface area contributed by atoms with Gasteiger partial charge in [-0.2, -0.15) is 0 Å². The lowest BCUT2D eigenvalue weighted by atomic mass is 9.99. The molecule has 0 bridgehead atoms. The lowest BCUT2D eigenvalue weighted by Gasteiger charge is -2.09. The van der Waals surface area contributed by atoms with E-state index in [1.165, 1.54) is 11.1 Å². The maximum atomic E-state index is 12.3. The van der Waals surface area contributed by atoms with Gasteiger partial charge in [-0.05, 0) is 30.9 Å². The Labute approximate surface area is 155 Å². The molecule has 1 atom stereocenters. The number of aromatic nitrogens is 2. The number of nitrogens with one attached hydrogen (secondary N) is 1. The molecule has 0 aliphatic carbocycles. The van der Waals surface area contributed by atoms with Crippen LogP contribution in [0.1, 0.15) is 30.2 Å². The van der Waals surface area contributed by atoms with Gasteiger partial charge in [0.25, 0.3) is 0 Å². The second-order valence-electron chi connectivity index (χ2n) is 6.46. The minimum absolute atomic E-state index is 0.0357. The summed E-state index contributed by atoms with van der Waals surface area (Å²) in [7, 11) is 0. The van der Waals surface area contributed by atoms with Gasteiger partial charge in [0.2, 0.25) is 0 Å². The normalized spacial score (nSPS) is 13.1. The average Bonchev–Trinajstić information content (AvgIpc) is 3.14. The number of benzene rings is 1. The Morgan fingerprint density at radius 1 is 1.27 bits per heavy atom. The van der Waals surface area contributed by atoms with Gasteiger partial charge in [0.15, 0.2) is 5.78 Å². The molecule has 4 heteroatoms. The molecule has 0 spiro atoms. The first-order valence-corrected chi connectivity index (χ1v) is 8.87. The highest BCUT2D eigenvalue weighted by molar-refractivity contribution is 5.86. The van der Waals surface area contributed by atoms with Crippen LogP contribution in [-0.2, 0) is 24.1 Å². The number of hydrogen-bond donors (Lipinski definition) is 2. The molecule has 0 radical (unpaired) electrons. The molecule has 2 aromatic rings. The Morgan fingerprint density at radius 2 is 2.00 bits per heavy atom. The molecule has 0 aliphatic heterocycles. The summed E-state index contributed by atoms with van der Waals surface area (Å²) in [6, 6.07) is 7.70. The standard InChI is InChI=1S/C22H27N3O/c1-3-4-5-6-17(2)7-8-18-9-11-19(12-10-18)13-22(26)21(23)14-20-15-24-16-25-20/h3-6,9-12,15-16,21H,1,7-8,13-14,23H2,2H3,(H,24,25)/b5-4-,17-6+. The van der Waals surface area contributed by atoms with E-state index in [9.17, 15) is 4.79 Å². The van der Waals surface area contributed by atoms with Crippen LogP contribution in [0.4, 0.5) is 0 Å². The molecule has 1 unspecified atom stereocenters. The Balaban J connectivity index is 1.82. The van der Waals surface area contributed by atoms with Crippen LogP contribution < -0.4 is 5.73 Å². The number of imidazole rings is 1. The van der Waals surface area contributed by atoms with E-state index in [4.69, 9.17) is 5.73 Å². The van der Waals surface area contributed by atoms with Gasteiger partial charge in [-0.25, -0.2) is 4.98 Å². The van der Waals surface area contributed by atoms with Crippen molar-refractivity contribution in [3.8, 4) is 0 Å². The third-order valence-electron chi connectivity index (χ3n) is 4.23. The maximum absolute atomic E-state index is 12.3. The third kappa shape index (κ3) is 6.65. The predicted octanol–water partition coefficient (Wildman–Crippen LogP) is 3.71. The van der Waals surface area contributed by atoms with Crippen molar-refractivity contribution >= 4 is 5.78 Å². The molecule has 3 N–H and O–H groups in total. The molecule has 0 saturated carbocycles. The number of carbonyl (C=O) groups excluding carboxylic acids is 1. The van der Waals surface area contributed by atoms with Crippen molar-refractivity contribution in [3.05, 3.63) is 90.1 Å². The molecule has 0 saturated heterocycles. The lowest BCUT2D eigenvalue weighted by molar-refractivity contribution is -0.119. The van der Waals surface area contributed by atoms with E-state index in [2.05, 4.69) is 41.7 Å². The van der Waals surface area contributed by atoms with Crippen LogP contribution in [0.15, 0.2) is 73.2 Å². The smallest absolute Gasteiger partial charge is 0.154 e. The zero-order valence-corrected chi connectivity index (χ0v) is 15.3. The number of carbonyl (C=O) groups is 1. The van der Waals surface area contributed by atoms with Crippen molar-refractivity contribution in [2.24, 2.45) is 5.73 Å². The van der Waals surface area contributed by atoms with Gasteiger partial charge in [0.05, 0.1) is 18.1 Å². The monoisotopic (exact) mass is 349 g/mol. The molecule has 1 aromatic carbocycles. The van der Waals surface area contributed by atoms with E-state index in [1.54, 1.807) is 18.6 Å². The van der Waals surface area contributed by atoms with Gasteiger partial charge in [0, 0.05) is 19.0 Å². The summed E-state index contributed by atoms with van der Waals surface area (Å²) in [6.45, 7) is 5.78. The van der Waals surface area contributed by atoms with Gasteiger partial charge < -0.3 is 10.7 Å². The van der Waals surface area contributed by atoms with Gasteiger partial charge >= 0.3 is 0 Å². The first kappa shape index (κ1) is 19.6. The van der Waals surface area contributed by atoms with Crippen LogP contribution in [0.2, 0.25) is 0 Å². The Bertz CT molecular complexity index is 755. The summed E-state index contributed by atoms with van der Waals surface area (Å²) in [5, 5.41) is 0. The average molecular weight is 349 g/mol. The highest BCUT2D eigenvalue weighted by atomic mass is 16.1. The molecular formula is C22H27N3O. The molecular weight excluding hydrogens is 322 g/mol. The van der Waals surface area contributed by atoms with Gasteiger partial charge in [-0.3, -0.25) is 4.79 Å². The number of aryl methyl sites for hydroxylation is 1. The molecule has 2 rings (SSSR count). The van der Waals surface area contributed by atoms with Crippen LogP contribution in [0.25, 0.3) is 0 Å². The molecule has 1 heterocycles. The first-order valence-electron chi connectivity index (χ1n) is 8.87. The summed E-state index contributed by atoms with van der Waals surface area (Å²) in [5.41, 5.74) is 10.4. The molecule has 0 aliphatic rings. The SMILES string of the molecule is C=C/C=C\C=C(/C)CCc1ccc(CC(=O)C(N)Cc2c[nH]cn2)cc1. The number of aromatic amines is 1. The van der Waals surface area contributed by atoms with E-state index < -0.39 is 6.04 Å². The van der Waals surface area contributed by atoms with Gasteiger partial charge in [-0.1, -0.05) is 60.7 Å². The molecule has 136 valence electrons. The quantitative estimate of drug-likeness (QED) is 0.642. The van der Waals surface area contributed by atoms with E-state index >= 15 is 0 Å². The summed E-state index contributed by atoms with van der Waals surface area (Å²) in [6.07, 6.45) is 14.0. The Kier molecular flexibility index (Phi) is 7.77. The van der Waals surface area contributed by atoms with Crippen LogP contribution in [0.3, 0.4) is 0 Å². The van der Waals surface area contributed by atoms with Crippen LogP contribution in [0.5, 0.6) is 0 Å². The fraction of sp³-hybridized carbons (Fsp3) is 0.273. The number of hydrogen-bond acceptors (Lipinski definition) is 3. The van der Waals surface area contributed by atoms with Gasteiger partial charge in [0.1, 0.15) is 0 Å². The van der Waals surface area contributed by atoms with Crippen molar-refractivity contribution in [3.63, 3.8) is 0 Å². The van der Waals surface area contributed by atoms with E-state index in [0.717, 1.165) is 24.1 Å². The fourth-order valence-corrected chi connectivity index (χ4v) is 2.62. The van der Waals surface area contributed by atoms with Crippen LogP contribution >= 0.6 is 0 Å². The Hall–Kier alpha value is -2.72. The molecule has 26 heavy (non-hydrogen) atoms. The highest BCUT2D eigenvalue weighted by Gasteiger charge is 2.15. The topological polar surface area (TPSA) is 71.8 Å². The minimum Gasteiger partial charge on any atom is -0.351 e. The maximum Gasteiger partial charge on any atom is 0.154 e. The van der Waals surface area contributed by atoms with Crippen LogP contribution in [0, 0.1) is 0 Å². The van der Waals surface area contributed by atoms with E-state index in [-0.39, 0.29) is 5.78 Å². The lowest BCUT2D eigenvalue weighted by Crippen LogP contribution is -2.34. The van der Waals surface area contributed by atoms with Gasteiger partial charge in [-0.15, -0.1) is 0 Å². The number of nitrogens with two attached hydrogens (primary N) is 1. The third-order valence-corrected chi connectivity index (χ3v) is 4.23. The zero-order valence-electron chi connectivity index (χ0n) is 15.3. The second-order valence-corrected chi connectivity index (χ2v) is 6.46. The molecule has 0 amide bonds. The molecule has 1 aromatic heterocycles. The number of Topliss-reactive ketones (excluding diaryl/α,β-unsaturated/α-hetero) is 1. The molecule has 0 fully saturated rings. The zero-order chi connectivity index (χ0) is 18.8. The number of ketones is 1. The van der Waals surface area contributed by atoms with Crippen LogP contribution in [-0.4, -0.2) is 21.8 Å². The first-order chi connectivity index (χ1) is 12.6. The summed E-state index contributed by atoms with van der Waals surface area (Å²) in [4.78, 5) is 19.3. The predicted molar refractivity (Wildman–Crippen MR) is 107 cm³/mol. The number of rotatable bonds is 10. The van der Waals surface area contributed by atoms with Crippen molar-refractivity contribution in [2.75, 3.05) is 0 Å².